The van der Waals surface area contributed by atoms with Crippen LogP contribution in [-0.2, 0) is 26.1 Å². The normalized spacial score (nSPS) is 17.4. The van der Waals surface area contributed by atoms with Gasteiger partial charge in [0.1, 0.15) is 6.54 Å². The molecule has 0 radical (unpaired) electrons. The quantitative estimate of drug-likeness (QED) is 0.394. The van der Waals surface area contributed by atoms with Crippen molar-refractivity contribution >= 4 is 66.7 Å². The Morgan fingerprint density at radius 1 is 1.14 bits per heavy atom. The number of nitrogens with zero attached hydrogens (tertiary/aromatic N) is 3. The fraction of sp³-hybridized carbons (Fsp3) is 0.375. The number of hydrogen-bond acceptors (Lipinski definition) is 6. The molecule has 192 valence electrons. The van der Waals surface area contributed by atoms with Gasteiger partial charge >= 0.3 is 5.97 Å². The van der Waals surface area contributed by atoms with Crippen LogP contribution >= 0.6 is 34.5 Å². The van der Waals surface area contributed by atoms with E-state index >= 15 is 0 Å². The van der Waals surface area contributed by atoms with Crippen molar-refractivity contribution in [1.29, 1.82) is 0 Å². The second-order valence-electron chi connectivity index (χ2n) is 8.39. The summed E-state index contributed by atoms with van der Waals surface area (Å²) in [6.45, 7) is 4.09. The maximum atomic E-state index is 13.1. The smallest absolute Gasteiger partial charge is 0.326 e. The molecule has 36 heavy (non-hydrogen) atoms. The second kappa shape index (κ2) is 11.0. The number of esters is 1. The van der Waals surface area contributed by atoms with Crippen LogP contribution in [0.1, 0.15) is 43.5 Å². The maximum absolute atomic E-state index is 13.1. The number of carbonyl (C=O) groups is 2. The Kier molecular flexibility index (Phi) is 8.21. The number of hydrogen-bond donors (Lipinski definition) is 0. The van der Waals surface area contributed by atoms with E-state index < -0.39 is 21.9 Å². The summed E-state index contributed by atoms with van der Waals surface area (Å²) in [7, 11) is -3.65. The number of ether oxygens (including phenoxy) is 1. The Morgan fingerprint density at radius 2 is 1.86 bits per heavy atom. The minimum Gasteiger partial charge on any atom is -0.465 e. The predicted molar refractivity (Wildman–Crippen MR) is 140 cm³/mol. The highest BCUT2D eigenvalue weighted by molar-refractivity contribution is 7.89. The molecule has 1 aromatic heterocycles. The zero-order valence-electron chi connectivity index (χ0n) is 19.7. The molecule has 0 aliphatic carbocycles. The average molecular weight is 571 g/mol. The molecule has 0 bridgehead atoms. The highest BCUT2D eigenvalue weighted by Crippen LogP contribution is 2.32. The highest BCUT2D eigenvalue weighted by atomic mass is 35.5. The molecule has 2 heterocycles. The van der Waals surface area contributed by atoms with Crippen molar-refractivity contribution in [1.82, 2.24) is 8.87 Å². The van der Waals surface area contributed by atoms with Gasteiger partial charge in [-0.25, -0.2) is 8.42 Å². The third-order valence-corrected chi connectivity index (χ3v) is 9.84. The highest BCUT2D eigenvalue weighted by Gasteiger charge is 2.31. The molecule has 8 nitrogen and oxygen atoms in total. The molecule has 1 fully saturated rings. The van der Waals surface area contributed by atoms with E-state index in [9.17, 15) is 18.0 Å². The summed E-state index contributed by atoms with van der Waals surface area (Å²) in [5, 5.41) is 0.544. The van der Waals surface area contributed by atoms with Crippen LogP contribution in [0.3, 0.4) is 0 Å². The first-order chi connectivity index (χ1) is 17.1. The fourth-order valence-electron chi connectivity index (χ4n) is 4.16. The molecule has 1 aliphatic rings. The van der Waals surface area contributed by atoms with Crippen molar-refractivity contribution in [3.05, 3.63) is 56.8 Å². The van der Waals surface area contributed by atoms with E-state index in [1.54, 1.807) is 19.1 Å². The van der Waals surface area contributed by atoms with Gasteiger partial charge in [0.05, 0.1) is 31.8 Å². The standard InChI is InChI=1S/C24H25Cl2N3O5S2/c1-3-34-20(30)14-28-22-19(12-11-18(25)21(22)26)35-24(28)27-23(31)16-7-9-17(10-8-16)36(32,33)29-13-5-4-6-15(29)2/h7-12,15H,3-6,13-14H2,1-2H3. The third-order valence-electron chi connectivity index (χ3n) is 5.97. The number of amides is 1. The number of benzene rings is 2. The van der Waals surface area contributed by atoms with Crippen molar-refractivity contribution in [2.45, 2.75) is 50.6 Å². The molecule has 0 spiro atoms. The van der Waals surface area contributed by atoms with Crippen LogP contribution in [0.2, 0.25) is 10.0 Å². The minimum atomic E-state index is -3.65. The Morgan fingerprint density at radius 3 is 2.53 bits per heavy atom. The summed E-state index contributed by atoms with van der Waals surface area (Å²) in [4.78, 5) is 29.8. The second-order valence-corrected chi connectivity index (χ2v) is 12.1. The molecule has 2 aromatic carbocycles. The number of aromatic nitrogens is 1. The molecule has 0 saturated carbocycles. The summed E-state index contributed by atoms with van der Waals surface area (Å²) in [5.41, 5.74) is 0.691. The third kappa shape index (κ3) is 5.38. The molecular formula is C24H25Cl2N3O5S2. The van der Waals surface area contributed by atoms with Gasteiger partial charge in [0.25, 0.3) is 5.91 Å². The topological polar surface area (TPSA) is 98.0 Å². The van der Waals surface area contributed by atoms with Gasteiger partial charge in [0, 0.05) is 18.2 Å². The lowest BCUT2D eigenvalue weighted by atomic mass is 10.1. The number of rotatable bonds is 6. The molecular weight excluding hydrogens is 545 g/mol. The van der Waals surface area contributed by atoms with Gasteiger partial charge in [-0.3, -0.25) is 9.59 Å². The van der Waals surface area contributed by atoms with E-state index in [4.69, 9.17) is 27.9 Å². The summed E-state index contributed by atoms with van der Waals surface area (Å²) < 4.78 is 34.9. The number of halogens is 2. The molecule has 4 rings (SSSR count). The zero-order chi connectivity index (χ0) is 26.0. The van der Waals surface area contributed by atoms with Gasteiger partial charge in [-0.1, -0.05) is 41.0 Å². The average Bonchev–Trinajstić information content (AvgIpc) is 3.19. The molecule has 1 atom stereocenters. The summed E-state index contributed by atoms with van der Waals surface area (Å²) in [6.07, 6.45) is 2.66. The lowest BCUT2D eigenvalue weighted by Gasteiger charge is -2.32. The molecule has 1 amide bonds. The Labute approximate surface area is 223 Å². The maximum Gasteiger partial charge on any atom is 0.326 e. The first-order valence-electron chi connectivity index (χ1n) is 11.5. The van der Waals surface area contributed by atoms with E-state index in [1.165, 1.54) is 44.5 Å². The van der Waals surface area contributed by atoms with Crippen LogP contribution in [0.25, 0.3) is 10.2 Å². The monoisotopic (exact) mass is 569 g/mol. The molecule has 1 saturated heterocycles. The SMILES string of the molecule is CCOC(=O)Cn1c(=NC(=O)c2ccc(S(=O)(=O)N3CCCCC3C)cc2)sc2ccc(Cl)c(Cl)c21. The molecule has 3 aromatic rings. The van der Waals surface area contributed by atoms with Gasteiger partial charge in [-0.15, -0.1) is 0 Å². The van der Waals surface area contributed by atoms with Crippen molar-refractivity contribution < 1.29 is 22.7 Å². The van der Waals surface area contributed by atoms with Gasteiger partial charge in [0.2, 0.25) is 10.0 Å². The molecule has 1 aliphatic heterocycles. The number of thiazole rings is 1. The lowest BCUT2D eigenvalue weighted by Crippen LogP contribution is -2.41. The number of carbonyl (C=O) groups excluding carboxylic acids is 2. The van der Waals surface area contributed by atoms with Crippen molar-refractivity contribution in [3.8, 4) is 0 Å². The predicted octanol–water partition coefficient (Wildman–Crippen LogP) is 4.88. The zero-order valence-corrected chi connectivity index (χ0v) is 22.9. The fourth-order valence-corrected chi connectivity index (χ4v) is 7.37. The number of fused-ring (bicyclic) bond motifs is 1. The number of piperidine rings is 1. The Bertz CT molecular complexity index is 1480. The molecule has 12 heteroatoms. The molecule has 0 N–H and O–H groups in total. The van der Waals surface area contributed by atoms with Gasteiger partial charge < -0.3 is 9.30 Å². The summed E-state index contributed by atoms with van der Waals surface area (Å²) >= 11 is 13.8. The first-order valence-corrected chi connectivity index (χ1v) is 14.5. The van der Waals surface area contributed by atoms with Crippen LogP contribution in [0.4, 0.5) is 0 Å². The van der Waals surface area contributed by atoms with Gasteiger partial charge in [-0.2, -0.15) is 9.30 Å². The van der Waals surface area contributed by atoms with E-state index in [0.29, 0.717) is 21.8 Å². The summed E-state index contributed by atoms with van der Waals surface area (Å²) in [5.74, 6) is -1.10. The van der Waals surface area contributed by atoms with E-state index in [-0.39, 0.29) is 39.5 Å². The largest absolute Gasteiger partial charge is 0.465 e. The van der Waals surface area contributed by atoms with Crippen LogP contribution in [-0.4, -0.2) is 48.4 Å². The van der Waals surface area contributed by atoms with Crippen LogP contribution in [0.15, 0.2) is 46.3 Å². The van der Waals surface area contributed by atoms with Crippen molar-refractivity contribution in [2.75, 3.05) is 13.2 Å². The van der Waals surface area contributed by atoms with E-state index in [1.807, 2.05) is 6.92 Å². The van der Waals surface area contributed by atoms with Gasteiger partial charge in [0.15, 0.2) is 4.80 Å². The van der Waals surface area contributed by atoms with Crippen LogP contribution < -0.4 is 4.80 Å². The van der Waals surface area contributed by atoms with Crippen molar-refractivity contribution in [3.63, 3.8) is 0 Å². The first kappa shape index (κ1) is 26.8. The number of sulfonamides is 1. The van der Waals surface area contributed by atoms with Crippen molar-refractivity contribution in [2.24, 2.45) is 4.99 Å². The molecule has 1 unspecified atom stereocenters. The van der Waals surface area contributed by atoms with Crippen LogP contribution in [0.5, 0.6) is 0 Å². The Hall–Kier alpha value is -2.24. The van der Waals surface area contributed by atoms with Gasteiger partial charge in [-0.05, 0) is 63.1 Å². The van der Waals surface area contributed by atoms with Crippen LogP contribution in [0, 0.1) is 0 Å². The minimum absolute atomic E-state index is 0.0665. The van der Waals surface area contributed by atoms with E-state index in [2.05, 4.69) is 4.99 Å². The van der Waals surface area contributed by atoms with E-state index in [0.717, 1.165) is 19.3 Å². The Balaban J connectivity index is 1.69. The summed E-state index contributed by atoms with van der Waals surface area (Å²) in [6, 6.07) is 9.04. The lowest BCUT2D eigenvalue weighted by molar-refractivity contribution is -0.143.